The van der Waals surface area contributed by atoms with Crippen LogP contribution in [0.3, 0.4) is 0 Å². The molecule has 17 heteroatoms. The van der Waals surface area contributed by atoms with Crippen molar-refractivity contribution in [3.05, 3.63) is 96.7 Å². The Bertz CT molecular complexity index is 2890. The number of aryl methyl sites for hydroxylation is 4. The van der Waals surface area contributed by atoms with Gasteiger partial charge < -0.3 is 31.1 Å². The molecule has 6 N–H and O–H groups in total. The number of thiophene rings is 2. The van der Waals surface area contributed by atoms with Gasteiger partial charge in [0.15, 0.2) is 5.16 Å². The molecular weight excluding hydrogens is 867 g/mol. The maximum Gasteiger partial charge on any atom is 0.296 e. The molecule has 5 atom stereocenters. The third-order valence-corrected chi connectivity index (χ3v) is 15.2. The standard InChI is InChI=1S/C47H51N9O5S3/c1-25-14-15-49-36(20-25)56-46(60)39-34(27(3)63-45(39)54-47(56)62)12-13-37(57)50-16-18-61-19-17-51-42(58)38-30-5-6-31(38)24-55(23-30)33-10-8-28-21-32(9-7-29(28)22-33)53-43(59)41-40(48)35-11-4-26(2)52-44(35)64-41/h4,8,10-11,14-15,20,22,30-32,38,42,51,58H,5-7,9,16-19,21,23-24,48H2,1-3H3,(H,50,57)(H,53,59)(H,54,62)/t30-,31+,32-,38?,42?/m0/s1. The number of nitrogen functional groups attached to an aromatic ring is 1. The summed E-state index contributed by atoms with van der Waals surface area (Å²) in [5, 5.41) is 22.0. The molecule has 1 saturated carbocycles. The van der Waals surface area contributed by atoms with Gasteiger partial charge in [-0.1, -0.05) is 12.0 Å². The molecular formula is C47H51N9O5S3. The van der Waals surface area contributed by atoms with Crippen LogP contribution in [0.5, 0.6) is 0 Å². The van der Waals surface area contributed by atoms with Crippen molar-refractivity contribution in [1.82, 2.24) is 35.5 Å². The van der Waals surface area contributed by atoms with Crippen LogP contribution in [0.2, 0.25) is 0 Å². The summed E-state index contributed by atoms with van der Waals surface area (Å²) in [7, 11) is 0. The van der Waals surface area contributed by atoms with Gasteiger partial charge in [-0.05, 0) is 118 Å². The van der Waals surface area contributed by atoms with Crippen molar-refractivity contribution in [1.29, 1.82) is 0 Å². The number of carbonyl (C=O) groups is 2. The van der Waals surface area contributed by atoms with E-state index >= 15 is 0 Å². The molecule has 1 aromatic carbocycles. The van der Waals surface area contributed by atoms with Crippen LogP contribution < -0.4 is 32.1 Å². The SMILES string of the molecule is Cc1ccnc(-n2c(S)nc3sc(C)c(C#CC(=O)NCCOCCNC(O)C4[C@@H]5CC[C@H]4CN(c4ccc6c(c4)CC[C@H](NC(=O)c4sc7nc(C)ccc7c4N)C6)C5)c3c2=O)c1. The second-order valence-electron chi connectivity index (χ2n) is 17.1. The number of benzene rings is 1. The van der Waals surface area contributed by atoms with Crippen LogP contribution in [-0.4, -0.2) is 88.1 Å². The Labute approximate surface area is 384 Å². The van der Waals surface area contributed by atoms with Crippen LogP contribution in [0.25, 0.3) is 26.3 Å². The largest absolute Gasteiger partial charge is 0.397 e. The van der Waals surface area contributed by atoms with Crippen LogP contribution in [0.15, 0.2) is 58.6 Å². The second-order valence-corrected chi connectivity index (χ2v) is 19.7. The van der Waals surface area contributed by atoms with E-state index in [1.165, 1.54) is 44.1 Å². The number of pyridine rings is 2. The number of aliphatic hydroxyl groups excluding tert-OH is 1. The molecule has 2 fully saturated rings. The summed E-state index contributed by atoms with van der Waals surface area (Å²) in [4.78, 5) is 58.0. The molecule has 3 aliphatic rings. The zero-order chi connectivity index (χ0) is 44.6. The highest BCUT2D eigenvalue weighted by atomic mass is 32.1. The number of hydrogen-bond acceptors (Lipinski definition) is 14. The van der Waals surface area contributed by atoms with Crippen LogP contribution in [-0.2, 0) is 22.4 Å². The minimum absolute atomic E-state index is 0.0411. The molecule has 14 nitrogen and oxygen atoms in total. The molecule has 2 amide bonds. The van der Waals surface area contributed by atoms with E-state index in [-0.39, 0.29) is 41.7 Å². The Morgan fingerprint density at radius 3 is 2.59 bits per heavy atom. The van der Waals surface area contributed by atoms with E-state index in [9.17, 15) is 19.5 Å². The molecule has 2 bridgehead atoms. The first-order valence-electron chi connectivity index (χ1n) is 21.7. The van der Waals surface area contributed by atoms with E-state index in [1.807, 2.05) is 39.0 Å². The number of ether oxygens (including phenoxy) is 1. The lowest BCUT2D eigenvalue weighted by molar-refractivity contribution is -0.115. The van der Waals surface area contributed by atoms with E-state index in [2.05, 4.69) is 78.5 Å². The second kappa shape index (κ2) is 18.6. The number of aromatic nitrogens is 4. The summed E-state index contributed by atoms with van der Waals surface area (Å²) >= 11 is 7.13. The minimum atomic E-state index is -0.624. The van der Waals surface area contributed by atoms with E-state index in [0.717, 1.165) is 71.5 Å². The average Bonchev–Trinajstić information content (AvgIpc) is 3.87. The maximum absolute atomic E-state index is 13.6. The summed E-state index contributed by atoms with van der Waals surface area (Å²) in [6.07, 6.45) is 5.73. The van der Waals surface area contributed by atoms with Crippen LogP contribution >= 0.6 is 35.3 Å². The fraction of sp³-hybridized carbons (Fsp3) is 0.404. The normalized spacial score (nSPS) is 19.6. The van der Waals surface area contributed by atoms with Crippen LogP contribution in [0, 0.1) is 50.4 Å². The zero-order valence-electron chi connectivity index (χ0n) is 35.9. The number of nitrogens with two attached hydrogens (primary N) is 1. The summed E-state index contributed by atoms with van der Waals surface area (Å²) in [6.45, 7) is 8.91. The number of amides is 2. The number of thiol groups is 1. The highest BCUT2D eigenvalue weighted by molar-refractivity contribution is 7.80. The van der Waals surface area contributed by atoms with E-state index in [0.29, 0.717) is 57.1 Å². The Hall–Kier alpha value is -5.35. The quantitative estimate of drug-likeness (QED) is 0.0316. The van der Waals surface area contributed by atoms with Gasteiger partial charge in [-0.3, -0.25) is 19.7 Å². The Morgan fingerprint density at radius 1 is 1.00 bits per heavy atom. The van der Waals surface area contributed by atoms with Gasteiger partial charge in [0, 0.05) is 71.9 Å². The van der Waals surface area contributed by atoms with Crippen molar-refractivity contribution in [2.45, 2.75) is 70.3 Å². The van der Waals surface area contributed by atoms with Gasteiger partial charge >= 0.3 is 0 Å². The third-order valence-electron chi connectivity index (χ3n) is 12.8. The highest BCUT2D eigenvalue weighted by Gasteiger charge is 2.45. The molecule has 2 aliphatic carbocycles. The number of piperidine rings is 1. The number of carbonyl (C=O) groups excluding carboxylic acids is 2. The van der Waals surface area contributed by atoms with Gasteiger partial charge in [0.2, 0.25) is 0 Å². The number of nitrogens with zero attached hydrogens (tertiary/aromatic N) is 5. The minimum Gasteiger partial charge on any atom is -0.397 e. The van der Waals surface area contributed by atoms with Crippen LogP contribution in [0.4, 0.5) is 11.4 Å². The van der Waals surface area contributed by atoms with Crippen molar-refractivity contribution in [2.24, 2.45) is 17.8 Å². The highest BCUT2D eigenvalue weighted by Crippen LogP contribution is 2.45. The first kappa shape index (κ1) is 43.9. The van der Waals surface area contributed by atoms with Crippen molar-refractivity contribution < 1.29 is 19.4 Å². The number of fused-ring (bicyclic) bond motifs is 5. The first-order valence-corrected chi connectivity index (χ1v) is 23.8. The summed E-state index contributed by atoms with van der Waals surface area (Å²) in [5.41, 5.74) is 12.7. The Morgan fingerprint density at radius 2 is 1.80 bits per heavy atom. The van der Waals surface area contributed by atoms with E-state index < -0.39 is 12.1 Å². The fourth-order valence-electron chi connectivity index (χ4n) is 9.63. The monoisotopic (exact) mass is 917 g/mol. The Kier molecular flexibility index (Phi) is 12.8. The van der Waals surface area contributed by atoms with Gasteiger partial charge in [-0.2, -0.15) is 0 Å². The lowest BCUT2D eigenvalue weighted by atomic mass is 9.83. The average molecular weight is 918 g/mol. The van der Waals surface area contributed by atoms with Gasteiger partial charge in [0.25, 0.3) is 17.4 Å². The molecule has 1 aliphatic heterocycles. The molecule has 1 saturated heterocycles. The molecule has 64 heavy (non-hydrogen) atoms. The lowest BCUT2D eigenvalue weighted by Gasteiger charge is -2.41. The van der Waals surface area contributed by atoms with Gasteiger partial charge in [-0.15, -0.1) is 35.3 Å². The first-order chi connectivity index (χ1) is 30.9. The van der Waals surface area contributed by atoms with Gasteiger partial charge in [0.05, 0.1) is 29.9 Å². The number of nitrogens with one attached hydrogen (secondary N) is 3. The lowest BCUT2D eigenvalue weighted by Crippen LogP contribution is -2.50. The molecule has 332 valence electrons. The maximum atomic E-state index is 13.6. The summed E-state index contributed by atoms with van der Waals surface area (Å²) in [6, 6.07) is 14.3. The molecule has 6 aromatic rings. The van der Waals surface area contributed by atoms with Crippen molar-refractivity contribution in [3.8, 4) is 17.7 Å². The number of hydrogen-bond donors (Lipinski definition) is 6. The molecule has 6 heterocycles. The number of rotatable bonds is 12. The zero-order valence-corrected chi connectivity index (χ0v) is 38.5. The molecule has 9 rings (SSSR count). The topological polar surface area (TPSA) is 190 Å². The molecule has 0 radical (unpaired) electrons. The molecule has 0 spiro atoms. The number of aliphatic hydroxyl groups is 1. The smallest absolute Gasteiger partial charge is 0.296 e. The molecule has 5 aromatic heterocycles. The van der Waals surface area contributed by atoms with Gasteiger partial charge in [-0.25, -0.2) is 19.5 Å². The molecule has 2 unspecified atom stereocenters. The van der Waals surface area contributed by atoms with Crippen molar-refractivity contribution in [3.63, 3.8) is 0 Å². The van der Waals surface area contributed by atoms with E-state index in [1.54, 1.807) is 12.3 Å². The predicted octanol–water partition coefficient (Wildman–Crippen LogP) is 5.09. The third kappa shape index (κ3) is 9.00. The van der Waals surface area contributed by atoms with Crippen molar-refractivity contribution >= 4 is 78.9 Å². The Balaban J connectivity index is 0.709. The van der Waals surface area contributed by atoms with Crippen LogP contribution in [0.1, 0.15) is 61.8 Å². The summed E-state index contributed by atoms with van der Waals surface area (Å²) < 4.78 is 7.10. The van der Waals surface area contributed by atoms with E-state index in [4.69, 9.17) is 10.5 Å². The summed E-state index contributed by atoms with van der Waals surface area (Å²) in [5.74, 6) is 6.25. The van der Waals surface area contributed by atoms with Crippen molar-refractivity contribution in [2.75, 3.05) is 50.0 Å². The fourth-order valence-corrected chi connectivity index (χ4v) is 12.0. The van der Waals surface area contributed by atoms with Gasteiger partial charge in [0.1, 0.15) is 26.6 Å². The predicted molar refractivity (Wildman–Crippen MR) is 255 cm³/mol. The number of anilines is 2.